The molecule has 2 aromatic rings. The molecule has 0 amide bonds. The number of thioether (sulfide) groups is 1. The zero-order chi connectivity index (χ0) is 13.0. The molecule has 0 aliphatic carbocycles. The molecule has 2 rings (SSSR count). The standard InChI is InChI=1S/C13H10O4S/c1-18-12(13(15)11-5-3-7-17-11)8-9(14)10-4-2-6-16-10/h2-8H,1H3/b12-8-. The maximum atomic E-state index is 12.0. The summed E-state index contributed by atoms with van der Waals surface area (Å²) in [6, 6.07) is 6.35. The molecule has 0 bridgehead atoms. The molecule has 5 heteroatoms. The van der Waals surface area contributed by atoms with Crippen molar-refractivity contribution in [2.45, 2.75) is 0 Å². The van der Waals surface area contributed by atoms with Gasteiger partial charge in [0.25, 0.3) is 0 Å². The molecule has 0 unspecified atom stereocenters. The fourth-order valence-corrected chi connectivity index (χ4v) is 1.87. The fraction of sp³-hybridized carbons (Fsp3) is 0.0769. The van der Waals surface area contributed by atoms with Gasteiger partial charge in [-0.05, 0) is 30.5 Å². The van der Waals surface area contributed by atoms with Crippen LogP contribution in [0.5, 0.6) is 0 Å². The first-order chi connectivity index (χ1) is 8.72. The quantitative estimate of drug-likeness (QED) is 0.611. The van der Waals surface area contributed by atoms with Crippen molar-refractivity contribution in [3.8, 4) is 0 Å². The minimum absolute atomic E-state index is 0.203. The predicted molar refractivity (Wildman–Crippen MR) is 67.7 cm³/mol. The van der Waals surface area contributed by atoms with Gasteiger partial charge in [0.15, 0.2) is 11.5 Å². The third-order valence-electron chi connectivity index (χ3n) is 2.21. The highest BCUT2D eigenvalue weighted by atomic mass is 32.2. The molecule has 2 heterocycles. The first-order valence-electron chi connectivity index (χ1n) is 5.14. The van der Waals surface area contributed by atoms with E-state index in [-0.39, 0.29) is 23.1 Å². The number of Topliss-reactive ketones (excluding diaryl/α,β-unsaturated/α-hetero) is 1. The monoisotopic (exact) mass is 262 g/mol. The first kappa shape index (κ1) is 12.4. The minimum Gasteiger partial charge on any atom is -0.461 e. The fourth-order valence-electron chi connectivity index (χ4n) is 1.36. The maximum absolute atomic E-state index is 12.0. The third kappa shape index (κ3) is 2.62. The van der Waals surface area contributed by atoms with Crippen LogP contribution in [0.1, 0.15) is 21.1 Å². The maximum Gasteiger partial charge on any atom is 0.234 e. The summed E-state index contributed by atoms with van der Waals surface area (Å²) in [6.07, 6.45) is 5.81. The second-order valence-electron chi connectivity index (χ2n) is 3.36. The minimum atomic E-state index is -0.343. The molecule has 4 nitrogen and oxygen atoms in total. The SMILES string of the molecule is CS/C(=C\C(=O)c1ccco1)C(=O)c1ccco1. The zero-order valence-corrected chi connectivity index (χ0v) is 10.4. The summed E-state index contributed by atoms with van der Waals surface area (Å²) in [5, 5.41) is 0. The molecule has 0 aliphatic rings. The van der Waals surface area contributed by atoms with E-state index in [0.717, 1.165) is 0 Å². The lowest BCUT2D eigenvalue weighted by atomic mass is 10.2. The first-order valence-corrected chi connectivity index (χ1v) is 6.36. The number of furan rings is 2. The van der Waals surface area contributed by atoms with Crippen LogP contribution in [0.25, 0.3) is 0 Å². The number of carbonyl (C=O) groups excluding carboxylic acids is 2. The van der Waals surface area contributed by atoms with Gasteiger partial charge in [-0.15, -0.1) is 11.8 Å². The van der Waals surface area contributed by atoms with Crippen LogP contribution in [0, 0.1) is 0 Å². The lowest BCUT2D eigenvalue weighted by molar-refractivity contribution is 0.0990. The Labute approximate surface area is 108 Å². The van der Waals surface area contributed by atoms with Gasteiger partial charge in [0.2, 0.25) is 11.6 Å². The van der Waals surface area contributed by atoms with E-state index in [2.05, 4.69) is 0 Å². The molecule has 0 radical (unpaired) electrons. The van der Waals surface area contributed by atoms with Crippen LogP contribution in [0.4, 0.5) is 0 Å². The third-order valence-corrected chi connectivity index (χ3v) is 2.96. The van der Waals surface area contributed by atoms with Crippen LogP contribution in [0.15, 0.2) is 56.6 Å². The summed E-state index contributed by atoms with van der Waals surface area (Å²) in [6.45, 7) is 0. The Kier molecular flexibility index (Phi) is 3.84. The van der Waals surface area contributed by atoms with Gasteiger partial charge in [-0.2, -0.15) is 0 Å². The average Bonchev–Trinajstić information content (AvgIpc) is 3.05. The molecule has 0 fully saturated rings. The largest absolute Gasteiger partial charge is 0.461 e. The highest BCUT2D eigenvalue weighted by molar-refractivity contribution is 8.03. The van der Waals surface area contributed by atoms with Gasteiger partial charge in [0, 0.05) is 6.08 Å². The van der Waals surface area contributed by atoms with E-state index < -0.39 is 0 Å². The molecule has 2 aromatic heterocycles. The van der Waals surface area contributed by atoms with Crippen molar-refractivity contribution in [2.24, 2.45) is 0 Å². The molecule has 0 aliphatic heterocycles. The van der Waals surface area contributed by atoms with Crippen LogP contribution < -0.4 is 0 Å². The van der Waals surface area contributed by atoms with Gasteiger partial charge in [-0.3, -0.25) is 9.59 Å². The molecular formula is C13H10O4S. The van der Waals surface area contributed by atoms with Gasteiger partial charge in [0.05, 0.1) is 17.4 Å². The highest BCUT2D eigenvalue weighted by Crippen LogP contribution is 2.19. The Morgan fingerprint density at radius 1 is 1.11 bits per heavy atom. The van der Waals surface area contributed by atoms with Crippen molar-refractivity contribution in [1.29, 1.82) is 0 Å². The molecular weight excluding hydrogens is 252 g/mol. The number of allylic oxidation sites excluding steroid dienone is 2. The number of hydrogen-bond donors (Lipinski definition) is 0. The Morgan fingerprint density at radius 3 is 2.22 bits per heavy atom. The second-order valence-corrected chi connectivity index (χ2v) is 4.21. The van der Waals surface area contributed by atoms with Gasteiger partial charge in [-0.25, -0.2) is 0 Å². The average molecular weight is 262 g/mol. The molecule has 0 aromatic carbocycles. The van der Waals surface area contributed by atoms with Crippen molar-refractivity contribution < 1.29 is 18.4 Å². The summed E-state index contributed by atoms with van der Waals surface area (Å²) in [7, 11) is 0. The number of rotatable bonds is 5. The van der Waals surface area contributed by atoms with Gasteiger partial charge >= 0.3 is 0 Å². The van der Waals surface area contributed by atoms with E-state index in [9.17, 15) is 9.59 Å². The smallest absolute Gasteiger partial charge is 0.234 e. The summed E-state index contributed by atoms with van der Waals surface area (Å²) in [4.78, 5) is 24.1. The Hall–Kier alpha value is -2.01. The highest BCUT2D eigenvalue weighted by Gasteiger charge is 2.16. The van der Waals surface area contributed by atoms with Crippen molar-refractivity contribution in [1.82, 2.24) is 0 Å². The van der Waals surface area contributed by atoms with Gasteiger partial charge in [-0.1, -0.05) is 0 Å². The van der Waals surface area contributed by atoms with Gasteiger partial charge in [0.1, 0.15) is 0 Å². The van der Waals surface area contributed by atoms with E-state index in [1.54, 1.807) is 30.5 Å². The zero-order valence-electron chi connectivity index (χ0n) is 9.58. The van der Waals surface area contributed by atoms with Crippen LogP contribution >= 0.6 is 11.8 Å². The Balaban J connectivity index is 2.23. The lowest BCUT2D eigenvalue weighted by Crippen LogP contribution is -2.02. The molecule has 92 valence electrons. The van der Waals surface area contributed by atoms with E-state index in [1.807, 2.05) is 0 Å². The number of hydrogen-bond acceptors (Lipinski definition) is 5. The van der Waals surface area contributed by atoms with E-state index in [0.29, 0.717) is 4.91 Å². The van der Waals surface area contributed by atoms with Gasteiger partial charge < -0.3 is 8.83 Å². The molecule has 0 N–H and O–H groups in total. The molecule has 0 saturated heterocycles. The van der Waals surface area contributed by atoms with Crippen LogP contribution in [-0.4, -0.2) is 17.8 Å². The predicted octanol–water partition coefficient (Wildman–Crippen LogP) is 3.19. The van der Waals surface area contributed by atoms with Crippen molar-refractivity contribution >= 4 is 23.3 Å². The normalized spacial score (nSPS) is 11.5. The molecule has 0 atom stereocenters. The van der Waals surface area contributed by atoms with E-state index in [1.165, 1.54) is 30.4 Å². The van der Waals surface area contributed by atoms with E-state index >= 15 is 0 Å². The van der Waals surface area contributed by atoms with Crippen LogP contribution in [-0.2, 0) is 0 Å². The molecule has 0 spiro atoms. The molecule has 0 saturated carbocycles. The molecule has 18 heavy (non-hydrogen) atoms. The Bertz CT molecular complexity index is 564. The van der Waals surface area contributed by atoms with Crippen LogP contribution in [0.3, 0.4) is 0 Å². The number of carbonyl (C=O) groups is 2. The number of ketones is 2. The van der Waals surface area contributed by atoms with Crippen molar-refractivity contribution in [2.75, 3.05) is 6.26 Å². The van der Waals surface area contributed by atoms with E-state index in [4.69, 9.17) is 8.83 Å². The summed E-state index contributed by atoms with van der Waals surface area (Å²) >= 11 is 1.19. The topological polar surface area (TPSA) is 60.4 Å². The summed E-state index contributed by atoms with van der Waals surface area (Å²) in [5.41, 5.74) is 0. The second kappa shape index (κ2) is 5.55. The van der Waals surface area contributed by atoms with Crippen molar-refractivity contribution in [3.63, 3.8) is 0 Å². The Morgan fingerprint density at radius 2 is 1.72 bits per heavy atom. The van der Waals surface area contributed by atoms with Crippen molar-refractivity contribution in [3.05, 3.63) is 59.3 Å². The lowest BCUT2D eigenvalue weighted by Gasteiger charge is -1.99. The summed E-state index contributed by atoms with van der Waals surface area (Å²) in [5.74, 6) is -0.242. The van der Waals surface area contributed by atoms with Crippen LogP contribution in [0.2, 0.25) is 0 Å². The summed E-state index contributed by atoms with van der Waals surface area (Å²) < 4.78 is 9.98.